The number of hydrogen-bond acceptors (Lipinski definition) is 3. The van der Waals surface area contributed by atoms with Gasteiger partial charge in [-0.25, -0.2) is 5.06 Å². The summed E-state index contributed by atoms with van der Waals surface area (Å²) in [6.07, 6.45) is 0. The van der Waals surface area contributed by atoms with Gasteiger partial charge in [0.1, 0.15) is 0 Å². The molecule has 21 heavy (non-hydrogen) atoms. The minimum atomic E-state index is -0.332. The summed E-state index contributed by atoms with van der Waals surface area (Å²) in [5.74, 6) is -0.600. The largest absolute Gasteiger partial charge is 0.321 e. The average Bonchev–Trinajstić information content (AvgIpc) is 2.54. The van der Waals surface area contributed by atoms with Crippen molar-refractivity contribution >= 4 is 17.5 Å². The van der Waals surface area contributed by atoms with Gasteiger partial charge < -0.3 is 5.32 Å². The molecule has 0 aromatic heterocycles. The summed E-state index contributed by atoms with van der Waals surface area (Å²) in [5, 5.41) is 3.85. The standard InChI is InChI=1S/C16H16N2O3/c1-18(21-2)16(20)13-10-6-7-11-14(13)17-15(19)12-8-4-3-5-9-12/h3-11H,1-2H3,(H,17,19). The first-order valence-electron chi connectivity index (χ1n) is 6.41. The molecule has 2 rings (SSSR count). The summed E-state index contributed by atoms with van der Waals surface area (Å²) in [4.78, 5) is 29.2. The Hall–Kier alpha value is -2.66. The van der Waals surface area contributed by atoms with E-state index in [1.807, 2.05) is 6.07 Å². The number of hydrogen-bond donors (Lipinski definition) is 1. The highest BCUT2D eigenvalue weighted by Gasteiger charge is 2.17. The van der Waals surface area contributed by atoms with Crippen LogP contribution in [0.2, 0.25) is 0 Å². The zero-order valence-corrected chi connectivity index (χ0v) is 11.9. The fraction of sp³-hybridized carbons (Fsp3) is 0.125. The van der Waals surface area contributed by atoms with Crippen LogP contribution in [0.25, 0.3) is 0 Å². The monoisotopic (exact) mass is 284 g/mol. The zero-order chi connectivity index (χ0) is 15.2. The van der Waals surface area contributed by atoms with Crippen molar-refractivity contribution in [2.75, 3.05) is 19.5 Å². The lowest BCUT2D eigenvalue weighted by Crippen LogP contribution is -2.26. The Morgan fingerprint density at radius 2 is 1.62 bits per heavy atom. The van der Waals surface area contributed by atoms with Crippen LogP contribution in [0, 0.1) is 0 Å². The second kappa shape index (κ2) is 6.67. The summed E-state index contributed by atoms with van der Waals surface area (Å²) < 4.78 is 0. The third-order valence-corrected chi connectivity index (χ3v) is 3.00. The van der Waals surface area contributed by atoms with Crippen molar-refractivity contribution in [3.8, 4) is 0 Å². The lowest BCUT2D eigenvalue weighted by atomic mass is 10.1. The number of para-hydroxylation sites is 1. The molecule has 0 spiro atoms. The molecule has 5 nitrogen and oxygen atoms in total. The van der Waals surface area contributed by atoms with E-state index >= 15 is 0 Å². The molecule has 0 fully saturated rings. The third kappa shape index (κ3) is 3.46. The first kappa shape index (κ1) is 14.7. The van der Waals surface area contributed by atoms with Gasteiger partial charge >= 0.3 is 0 Å². The zero-order valence-electron chi connectivity index (χ0n) is 11.9. The van der Waals surface area contributed by atoms with E-state index in [0.29, 0.717) is 16.8 Å². The van der Waals surface area contributed by atoms with Crippen LogP contribution in [0.3, 0.4) is 0 Å². The summed E-state index contributed by atoms with van der Waals surface area (Å²) in [6, 6.07) is 15.6. The van der Waals surface area contributed by atoms with Crippen molar-refractivity contribution in [1.29, 1.82) is 0 Å². The van der Waals surface area contributed by atoms with Crippen LogP contribution < -0.4 is 5.32 Å². The SMILES string of the molecule is CON(C)C(=O)c1ccccc1NC(=O)c1ccccc1. The third-order valence-electron chi connectivity index (χ3n) is 3.00. The van der Waals surface area contributed by atoms with Gasteiger partial charge in [-0.05, 0) is 24.3 Å². The van der Waals surface area contributed by atoms with E-state index in [9.17, 15) is 9.59 Å². The molecule has 0 aliphatic heterocycles. The van der Waals surface area contributed by atoms with Crippen LogP contribution in [0.1, 0.15) is 20.7 Å². The van der Waals surface area contributed by atoms with Crippen molar-refractivity contribution in [2.45, 2.75) is 0 Å². The van der Waals surface area contributed by atoms with Crippen LogP contribution in [-0.4, -0.2) is 31.0 Å². The number of nitrogens with zero attached hydrogens (tertiary/aromatic N) is 1. The fourth-order valence-electron chi connectivity index (χ4n) is 1.82. The molecule has 2 amide bonds. The maximum Gasteiger partial charge on any atom is 0.279 e. The van der Waals surface area contributed by atoms with Crippen LogP contribution in [0.15, 0.2) is 54.6 Å². The molecule has 0 aliphatic rings. The average molecular weight is 284 g/mol. The van der Waals surface area contributed by atoms with Crippen LogP contribution >= 0.6 is 0 Å². The molecular weight excluding hydrogens is 268 g/mol. The predicted molar refractivity (Wildman–Crippen MR) is 79.9 cm³/mol. The minimum Gasteiger partial charge on any atom is -0.321 e. The van der Waals surface area contributed by atoms with Crippen molar-refractivity contribution in [2.24, 2.45) is 0 Å². The highest BCUT2D eigenvalue weighted by atomic mass is 16.7. The molecule has 2 aromatic rings. The van der Waals surface area contributed by atoms with Gasteiger partial charge in [-0.1, -0.05) is 30.3 Å². The normalized spacial score (nSPS) is 10.0. The first-order valence-corrected chi connectivity index (χ1v) is 6.41. The van der Waals surface area contributed by atoms with E-state index in [4.69, 9.17) is 4.84 Å². The minimum absolute atomic E-state index is 0.268. The van der Waals surface area contributed by atoms with Gasteiger partial charge in [0, 0.05) is 12.6 Å². The number of anilines is 1. The Balaban J connectivity index is 2.25. The van der Waals surface area contributed by atoms with Gasteiger partial charge in [0.2, 0.25) is 0 Å². The molecule has 5 heteroatoms. The van der Waals surface area contributed by atoms with Crippen LogP contribution in [0.4, 0.5) is 5.69 Å². The van der Waals surface area contributed by atoms with Gasteiger partial charge in [0.15, 0.2) is 0 Å². The summed E-state index contributed by atoms with van der Waals surface area (Å²) in [6.45, 7) is 0. The van der Waals surface area contributed by atoms with Crippen molar-refractivity contribution < 1.29 is 14.4 Å². The first-order chi connectivity index (χ1) is 10.1. The van der Waals surface area contributed by atoms with E-state index < -0.39 is 0 Å². The highest BCUT2D eigenvalue weighted by molar-refractivity contribution is 6.08. The molecule has 0 saturated heterocycles. The van der Waals surface area contributed by atoms with Gasteiger partial charge in [-0.15, -0.1) is 0 Å². The number of amides is 2. The van der Waals surface area contributed by atoms with Crippen LogP contribution in [-0.2, 0) is 4.84 Å². The van der Waals surface area contributed by atoms with E-state index in [0.717, 1.165) is 5.06 Å². The molecule has 0 aliphatic carbocycles. The summed E-state index contributed by atoms with van der Waals surface area (Å²) >= 11 is 0. The molecule has 0 bridgehead atoms. The maximum absolute atomic E-state index is 12.2. The van der Waals surface area contributed by atoms with Gasteiger partial charge in [-0.3, -0.25) is 14.4 Å². The summed E-state index contributed by atoms with van der Waals surface area (Å²) in [5.41, 5.74) is 1.34. The van der Waals surface area contributed by atoms with Gasteiger partial charge in [-0.2, -0.15) is 0 Å². The van der Waals surface area contributed by atoms with Crippen molar-refractivity contribution in [1.82, 2.24) is 5.06 Å². The quantitative estimate of drug-likeness (QED) is 0.878. The maximum atomic E-state index is 12.2. The number of carbonyl (C=O) groups excluding carboxylic acids is 2. The van der Waals surface area contributed by atoms with Crippen LogP contribution in [0.5, 0.6) is 0 Å². The smallest absolute Gasteiger partial charge is 0.279 e. The molecule has 0 unspecified atom stereocenters. The molecule has 108 valence electrons. The lowest BCUT2D eigenvalue weighted by Gasteiger charge is -2.16. The Morgan fingerprint density at radius 1 is 1.00 bits per heavy atom. The number of carbonyl (C=O) groups is 2. The van der Waals surface area contributed by atoms with Crippen molar-refractivity contribution in [3.63, 3.8) is 0 Å². The van der Waals surface area contributed by atoms with E-state index in [2.05, 4.69) is 5.32 Å². The molecule has 1 N–H and O–H groups in total. The number of benzene rings is 2. The Morgan fingerprint density at radius 3 is 2.29 bits per heavy atom. The van der Waals surface area contributed by atoms with Gasteiger partial charge in [0.25, 0.3) is 11.8 Å². The van der Waals surface area contributed by atoms with E-state index in [1.54, 1.807) is 48.5 Å². The van der Waals surface area contributed by atoms with E-state index in [1.165, 1.54) is 14.2 Å². The Kier molecular flexibility index (Phi) is 4.68. The number of hydroxylamine groups is 2. The van der Waals surface area contributed by atoms with E-state index in [-0.39, 0.29) is 11.8 Å². The number of rotatable bonds is 4. The molecular formula is C16H16N2O3. The second-order valence-corrected chi connectivity index (χ2v) is 4.35. The molecule has 2 aromatic carbocycles. The fourth-order valence-corrected chi connectivity index (χ4v) is 1.82. The summed E-state index contributed by atoms with van der Waals surface area (Å²) in [7, 11) is 2.92. The number of nitrogens with one attached hydrogen (secondary N) is 1. The molecule has 0 radical (unpaired) electrons. The van der Waals surface area contributed by atoms with Crippen molar-refractivity contribution in [3.05, 3.63) is 65.7 Å². The molecule has 0 heterocycles. The Bertz CT molecular complexity index is 641. The topological polar surface area (TPSA) is 58.6 Å². The molecule has 0 saturated carbocycles. The Labute approximate surface area is 123 Å². The second-order valence-electron chi connectivity index (χ2n) is 4.35. The highest BCUT2D eigenvalue weighted by Crippen LogP contribution is 2.18. The lowest BCUT2D eigenvalue weighted by molar-refractivity contribution is -0.0756. The predicted octanol–water partition coefficient (Wildman–Crippen LogP) is 2.57. The van der Waals surface area contributed by atoms with Gasteiger partial charge in [0.05, 0.1) is 18.4 Å². The molecule has 0 atom stereocenters.